The molecular weight excluding hydrogens is 304 g/mol. The fourth-order valence-corrected chi connectivity index (χ4v) is 2.45. The summed E-state index contributed by atoms with van der Waals surface area (Å²) >= 11 is 0. The highest BCUT2D eigenvalue weighted by Crippen LogP contribution is 2.20. The van der Waals surface area contributed by atoms with E-state index >= 15 is 0 Å². The highest BCUT2D eigenvalue weighted by Gasteiger charge is 2.09. The summed E-state index contributed by atoms with van der Waals surface area (Å²) in [6, 6.07) is 14.9. The normalized spacial score (nSPS) is 10.6. The standard InChI is InChI=1S/C18H18N4O2/c1-22-12-19-21-17(22)14-6-4-8-16(10-14)20-18(23)15-7-3-5-13(9-15)11-24-2/h3-10,12H,11H2,1-2H3,(H,20,23). The summed E-state index contributed by atoms with van der Waals surface area (Å²) in [5, 5.41) is 10.9. The maximum Gasteiger partial charge on any atom is 0.255 e. The van der Waals surface area contributed by atoms with Gasteiger partial charge in [-0.3, -0.25) is 4.79 Å². The fourth-order valence-electron chi connectivity index (χ4n) is 2.45. The van der Waals surface area contributed by atoms with Crippen molar-refractivity contribution in [2.75, 3.05) is 12.4 Å². The number of ether oxygens (including phenoxy) is 1. The molecule has 1 aromatic heterocycles. The van der Waals surface area contributed by atoms with Gasteiger partial charge in [0, 0.05) is 31.0 Å². The van der Waals surface area contributed by atoms with Crippen LogP contribution in [0.2, 0.25) is 0 Å². The summed E-state index contributed by atoms with van der Waals surface area (Å²) in [4.78, 5) is 12.5. The van der Waals surface area contributed by atoms with Gasteiger partial charge in [-0.15, -0.1) is 10.2 Å². The number of nitrogens with one attached hydrogen (secondary N) is 1. The van der Waals surface area contributed by atoms with Crippen LogP contribution in [0.3, 0.4) is 0 Å². The van der Waals surface area contributed by atoms with Crippen LogP contribution >= 0.6 is 0 Å². The predicted octanol–water partition coefficient (Wildman–Crippen LogP) is 2.88. The van der Waals surface area contributed by atoms with Crippen molar-refractivity contribution in [3.8, 4) is 11.4 Å². The molecule has 6 heteroatoms. The molecule has 0 bridgehead atoms. The van der Waals surface area contributed by atoms with Crippen molar-refractivity contribution in [1.29, 1.82) is 0 Å². The first-order chi connectivity index (χ1) is 11.7. The molecule has 0 saturated heterocycles. The molecule has 0 aliphatic carbocycles. The molecule has 0 aliphatic rings. The van der Waals surface area contributed by atoms with Gasteiger partial charge in [0.25, 0.3) is 5.91 Å². The first kappa shape index (κ1) is 15.9. The van der Waals surface area contributed by atoms with E-state index in [2.05, 4.69) is 15.5 Å². The van der Waals surface area contributed by atoms with E-state index in [1.807, 2.05) is 54.1 Å². The zero-order chi connectivity index (χ0) is 16.9. The Morgan fingerprint density at radius 1 is 1.21 bits per heavy atom. The van der Waals surface area contributed by atoms with Crippen LogP contribution in [-0.4, -0.2) is 27.8 Å². The van der Waals surface area contributed by atoms with Crippen LogP contribution in [0.4, 0.5) is 5.69 Å². The number of amides is 1. The lowest BCUT2D eigenvalue weighted by atomic mass is 10.1. The summed E-state index contributed by atoms with van der Waals surface area (Å²) in [7, 11) is 3.51. The molecule has 6 nitrogen and oxygen atoms in total. The van der Waals surface area contributed by atoms with Crippen molar-refractivity contribution >= 4 is 11.6 Å². The van der Waals surface area contributed by atoms with Crippen LogP contribution in [-0.2, 0) is 18.4 Å². The number of rotatable bonds is 5. The van der Waals surface area contributed by atoms with Gasteiger partial charge in [-0.2, -0.15) is 0 Å². The van der Waals surface area contributed by atoms with E-state index in [0.717, 1.165) is 17.0 Å². The Kier molecular flexibility index (Phi) is 4.67. The Morgan fingerprint density at radius 3 is 2.79 bits per heavy atom. The van der Waals surface area contributed by atoms with Crippen LogP contribution in [0.1, 0.15) is 15.9 Å². The number of hydrogen-bond donors (Lipinski definition) is 1. The van der Waals surface area contributed by atoms with Crippen molar-refractivity contribution in [1.82, 2.24) is 14.8 Å². The second-order valence-corrected chi connectivity index (χ2v) is 5.43. The third-order valence-electron chi connectivity index (χ3n) is 3.59. The van der Waals surface area contributed by atoms with Gasteiger partial charge >= 0.3 is 0 Å². The number of aryl methyl sites for hydroxylation is 1. The first-order valence-electron chi connectivity index (χ1n) is 7.51. The zero-order valence-electron chi connectivity index (χ0n) is 13.6. The van der Waals surface area contributed by atoms with Gasteiger partial charge in [-0.25, -0.2) is 0 Å². The van der Waals surface area contributed by atoms with Gasteiger partial charge in [0.1, 0.15) is 6.33 Å². The Balaban J connectivity index is 1.80. The summed E-state index contributed by atoms with van der Waals surface area (Å²) in [5.74, 6) is 0.580. The molecule has 0 aliphatic heterocycles. The number of benzene rings is 2. The number of hydrogen-bond acceptors (Lipinski definition) is 4. The molecule has 24 heavy (non-hydrogen) atoms. The minimum Gasteiger partial charge on any atom is -0.380 e. The molecule has 0 atom stereocenters. The second kappa shape index (κ2) is 7.06. The Labute approximate surface area is 140 Å². The highest BCUT2D eigenvalue weighted by atomic mass is 16.5. The van der Waals surface area contributed by atoms with Crippen molar-refractivity contribution < 1.29 is 9.53 Å². The lowest BCUT2D eigenvalue weighted by Gasteiger charge is -2.08. The average Bonchev–Trinajstić information content (AvgIpc) is 3.02. The van der Waals surface area contributed by atoms with Crippen molar-refractivity contribution in [2.24, 2.45) is 7.05 Å². The first-order valence-corrected chi connectivity index (χ1v) is 7.51. The smallest absolute Gasteiger partial charge is 0.255 e. The van der Waals surface area contributed by atoms with E-state index < -0.39 is 0 Å². The molecule has 1 N–H and O–H groups in total. The SMILES string of the molecule is COCc1cccc(C(=O)Nc2cccc(-c3nncn3C)c2)c1. The summed E-state index contributed by atoms with van der Waals surface area (Å²) in [5.41, 5.74) is 3.14. The van der Waals surface area contributed by atoms with Crippen LogP contribution in [0.5, 0.6) is 0 Å². The third-order valence-corrected chi connectivity index (χ3v) is 3.59. The van der Waals surface area contributed by atoms with E-state index in [9.17, 15) is 4.79 Å². The number of carbonyl (C=O) groups is 1. The second-order valence-electron chi connectivity index (χ2n) is 5.43. The number of carbonyl (C=O) groups excluding carboxylic acids is 1. The number of anilines is 1. The molecule has 3 rings (SSSR count). The van der Waals surface area contributed by atoms with Crippen molar-refractivity contribution in [3.05, 3.63) is 66.0 Å². The number of nitrogens with zero attached hydrogens (tertiary/aromatic N) is 3. The summed E-state index contributed by atoms with van der Waals surface area (Å²) < 4.78 is 6.93. The lowest BCUT2D eigenvalue weighted by Crippen LogP contribution is -2.12. The minimum absolute atomic E-state index is 0.164. The number of methoxy groups -OCH3 is 1. The lowest BCUT2D eigenvalue weighted by molar-refractivity contribution is 0.102. The molecule has 0 spiro atoms. The van der Waals surface area contributed by atoms with Gasteiger partial charge < -0.3 is 14.6 Å². The molecule has 122 valence electrons. The summed E-state index contributed by atoms with van der Waals surface area (Å²) in [6.07, 6.45) is 1.64. The minimum atomic E-state index is -0.164. The zero-order valence-corrected chi connectivity index (χ0v) is 13.6. The van der Waals surface area contributed by atoms with E-state index in [0.29, 0.717) is 17.9 Å². The molecule has 3 aromatic rings. The molecule has 1 amide bonds. The Hall–Kier alpha value is -2.99. The quantitative estimate of drug-likeness (QED) is 0.784. The van der Waals surface area contributed by atoms with Gasteiger partial charge in [-0.05, 0) is 29.8 Å². The molecule has 0 saturated carbocycles. The maximum absolute atomic E-state index is 12.5. The van der Waals surface area contributed by atoms with Crippen molar-refractivity contribution in [3.63, 3.8) is 0 Å². The van der Waals surface area contributed by atoms with Gasteiger partial charge in [0.15, 0.2) is 5.82 Å². The van der Waals surface area contributed by atoms with Crippen LogP contribution in [0.25, 0.3) is 11.4 Å². The van der Waals surface area contributed by atoms with Crippen LogP contribution in [0.15, 0.2) is 54.9 Å². The monoisotopic (exact) mass is 322 g/mol. The van der Waals surface area contributed by atoms with Crippen molar-refractivity contribution in [2.45, 2.75) is 6.61 Å². The molecule has 2 aromatic carbocycles. The van der Waals surface area contributed by atoms with E-state index in [1.165, 1.54) is 0 Å². The van der Waals surface area contributed by atoms with E-state index in [4.69, 9.17) is 4.74 Å². The topological polar surface area (TPSA) is 69.0 Å². The van der Waals surface area contributed by atoms with E-state index in [-0.39, 0.29) is 5.91 Å². The molecule has 0 radical (unpaired) electrons. The average molecular weight is 322 g/mol. The van der Waals surface area contributed by atoms with Gasteiger partial charge in [0.2, 0.25) is 0 Å². The highest BCUT2D eigenvalue weighted by molar-refractivity contribution is 6.04. The largest absolute Gasteiger partial charge is 0.380 e. The van der Waals surface area contributed by atoms with Crippen LogP contribution in [0, 0.1) is 0 Å². The maximum atomic E-state index is 12.5. The molecule has 1 heterocycles. The van der Waals surface area contributed by atoms with Gasteiger partial charge in [-0.1, -0.05) is 24.3 Å². The van der Waals surface area contributed by atoms with Gasteiger partial charge in [0.05, 0.1) is 6.61 Å². The van der Waals surface area contributed by atoms with E-state index in [1.54, 1.807) is 19.5 Å². The predicted molar refractivity (Wildman–Crippen MR) is 91.5 cm³/mol. The Bertz CT molecular complexity index is 857. The fraction of sp³-hybridized carbons (Fsp3) is 0.167. The molecule has 0 unspecified atom stereocenters. The Morgan fingerprint density at radius 2 is 2.04 bits per heavy atom. The molecule has 0 fully saturated rings. The third kappa shape index (κ3) is 3.49. The molecular formula is C18H18N4O2. The number of aromatic nitrogens is 3. The summed E-state index contributed by atoms with van der Waals surface area (Å²) in [6.45, 7) is 0.475. The van der Waals surface area contributed by atoms with Crippen LogP contribution < -0.4 is 5.32 Å².